The smallest absolute Gasteiger partial charge is 0.335 e. The average molecular weight is 660 g/mol. The lowest BCUT2D eigenvalue weighted by Gasteiger charge is -2.36. The van der Waals surface area contributed by atoms with Crippen LogP contribution in [-0.4, -0.2) is 111 Å². The molecule has 2 aromatic carbocycles. The number of aliphatic hydroxyl groups is 1. The Morgan fingerprint density at radius 3 is 2.33 bits per heavy atom. The molecular weight excluding hydrogens is 610 g/mol. The summed E-state index contributed by atoms with van der Waals surface area (Å²) >= 11 is 0. The fraction of sp³-hybridized carbons (Fsp3) is 0.514. The molecule has 0 saturated carbocycles. The van der Waals surface area contributed by atoms with Crippen molar-refractivity contribution in [2.24, 2.45) is 0 Å². The van der Waals surface area contributed by atoms with Crippen LogP contribution in [0.3, 0.4) is 0 Å². The Balaban J connectivity index is 1.54. The van der Waals surface area contributed by atoms with Crippen LogP contribution in [0, 0.1) is 0 Å². The highest BCUT2D eigenvalue weighted by Crippen LogP contribution is 2.31. The van der Waals surface area contributed by atoms with E-state index in [4.69, 9.17) is 9.72 Å². The number of aromatic nitrogens is 2. The van der Waals surface area contributed by atoms with Crippen molar-refractivity contribution in [3.8, 4) is 11.4 Å². The first-order chi connectivity index (χ1) is 23.3. The van der Waals surface area contributed by atoms with Crippen molar-refractivity contribution in [3.63, 3.8) is 0 Å². The zero-order valence-electron chi connectivity index (χ0n) is 28.3. The summed E-state index contributed by atoms with van der Waals surface area (Å²) in [4.78, 5) is 51.3. The zero-order valence-corrected chi connectivity index (χ0v) is 28.3. The first kappa shape index (κ1) is 35.3. The molecule has 11 nitrogen and oxygen atoms in total. The lowest BCUT2D eigenvalue weighted by atomic mass is 9.92. The topological polar surface area (TPSA) is 128 Å². The van der Waals surface area contributed by atoms with E-state index in [1.165, 1.54) is 12.1 Å². The van der Waals surface area contributed by atoms with Gasteiger partial charge in [0.2, 0.25) is 0 Å². The van der Waals surface area contributed by atoms with Gasteiger partial charge in [-0.25, -0.2) is 9.78 Å². The van der Waals surface area contributed by atoms with Gasteiger partial charge >= 0.3 is 5.97 Å². The van der Waals surface area contributed by atoms with Crippen LogP contribution in [0.25, 0.3) is 11.4 Å². The standard InChI is InChI=1S/C37H49N5O6/c1-3-5-15-40(16-6-4-2)36(45)33-25-41(17-9-14-39-18-20-48-21-19-39)34(38-33)31-13-12-28(37(46)47)23-32(31)35(44)42-24-29-11-8-7-10-27(29)22-30(42)26-43/h7-8,10-13,23,25,30,43H,3-6,9,14-22,24,26H2,1-2H3,(H,46,47)/t30-/m0/s1. The summed E-state index contributed by atoms with van der Waals surface area (Å²) in [6.45, 7) is 10.1. The number of aliphatic hydroxyl groups excluding tert-OH is 1. The highest BCUT2D eigenvalue weighted by atomic mass is 16.5. The van der Waals surface area contributed by atoms with Crippen molar-refractivity contribution >= 4 is 17.8 Å². The summed E-state index contributed by atoms with van der Waals surface area (Å²) in [5, 5.41) is 20.3. The molecular formula is C37H49N5O6. The molecule has 0 bridgehead atoms. The van der Waals surface area contributed by atoms with E-state index in [0.29, 0.717) is 62.9 Å². The number of hydrogen-bond donors (Lipinski definition) is 2. The number of imidazole rings is 1. The lowest BCUT2D eigenvalue weighted by Crippen LogP contribution is -2.46. The molecule has 2 amide bonds. The molecule has 0 unspecified atom stereocenters. The van der Waals surface area contributed by atoms with E-state index >= 15 is 0 Å². The number of carboxylic acid groups (broad SMARTS) is 1. The number of unbranched alkanes of at least 4 members (excludes halogenated alkanes) is 2. The van der Waals surface area contributed by atoms with Gasteiger partial charge in [-0.3, -0.25) is 14.5 Å². The summed E-state index contributed by atoms with van der Waals surface area (Å²) in [5.74, 6) is -1.23. The van der Waals surface area contributed by atoms with Crippen LogP contribution in [0.2, 0.25) is 0 Å². The molecule has 5 rings (SSSR count). The molecule has 1 saturated heterocycles. The highest BCUT2D eigenvalue weighted by molar-refractivity contribution is 6.03. The normalized spacial score (nSPS) is 16.5. The molecule has 48 heavy (non-hydrogen) atoms. The minimum Gasteiger partial charge on any atom is -0.478 e. The van der Waals surface area contributed by atoms with E-state index in [9.17, 15) is 24.6 Å². The third-order valence-corrected chi connectivity index (χ3v) is 9.39. The number of ether oxygens (including phenoxy) is 1. The number of nitrogens with zero attached hydrogens (tertiary/aromatic N) is 5. The monoisotopic (exact) mass is 659 g/mol. The molecule has 2 aliphatic heterocycles. The van der Waals surface area contributed by atoms with E-state index in [1.807, 2.05) is 33.7 Å². The highest BCUT2D eigenvalue weighted by Gasteiger charge is 2.33. The number of carbonyl (C=O) groups is 3. The molecule has 258 valence electrons. The number of aryl methyl sites for hydroxylation is 1. The van der Waals surface area contributed by atoms with Crippen LogP contribution in [0.1, 0.15) is 88.3 Å². The number of morpholine rings is 1. The maximum Gasteiger partial charge on any atom is 0.335 e. The minimum absolute atomic E-state index is 0.0212. The Morgan fingerprint density at radius 2 is 1.67 bits per heavy atom. The van der Waals surface area contributed by atoms with Gasteiger partial charge in [-0.2, -0.15) is 0 Å². The van der Waals surface area contributed by atoms with Crippen LogP contribution < -0.4 is 0 Å². The van der Waals surface area contributed by atoms with Crippen molar-refractivity contribution in [1.82, 2.24) is 24.3 Å². The van der Waals surface area contributed by atoms with Gasteiger partial charge in [0, 0.05) is 57.6 Å². The van der Waals surface area contributed by atoms with E-state index in [2.05, 4.69) is 18.7 Å². The number of carboxylic acids is 1. The molecule has 2 N–H and O–H groups in total. The third kappa shape index (κ3) is 8.32. The van der Waals surface area contributed by atoms with Crippen molar-refractivity contribution in [2.75, 3.05) is 52.5 Å². The van der Waals surface area contributed by atoms with Gasteiger partial charge < -0.3 is 29.3 Å². The summed E-state index contributed by atoms with van der Waals surface area (Å²) < 4.78 is 7.44. The van der Waals surface area contributed by atoms with Gasteiger partial charge in [0.15, 0.2) is 0 Å². The first-order valence-electron chi connectivity index (χ1n) is 17.4. The summed E-state index contributed by atoms with van der Waals surface area (Å²) in [5.41, 5.74) is 3.00. The number of hydrogen-bond acceptors (Lipinski definition) is 7. The number of benzene rings is 2. The van der Waals surface area contributed by atoms with E-state index in [0.717, 1.165) is 62.9 Å². The van der Waals surface area contributed by atoms with Crippen LogP contribution in [0.5, 0.6) is 0 Å². The van der Waals surface area contributed by atoms with Crippen LogP contribution in [-0.2, 0) is 24.2 Å². The van der Waals surface area contributed by atoms with E-state index < -0.39 is 12.0 Å². The van der Waals surface area contributed by atoms with Gasteiger partial charge in [0.1, 0.15) is 11.5 Å². The van der Waals surface area contributed by atoms with Crippen molar-refractivity contribution in [3.05, 3.63) is 76.6 Å². The second-order valence-electron chi connectivity index (χ2n) is 12.8. The minimum atomic E-state index is -1.15. The Hall–Kier alpha value is -4.06. The first-order valence-corrected chi connectivity index (χ1v) is 17.4. The number of aromatic carboxylic acids is 1. The number of carbonyl (C=O) groups excluding carboxylic acids is 2. The predicted octanol–water partition coefficient (Wildman–Crippen LogP) is 4.57. The van der Waals surface area contributed by atoms with Crippen LogP contribution >= 0.6 is 0 Å². The van der Waals surface area contributed by atoms with Gasteiger partial charge in [0.25, 0.3) is 11.8 Å². The molecule has 0 spiro atoms. The SMILES string of the molecule is CCCCN(CCCC)C(=O)c1cn(CCCN2CCOCC2)c(-c2ccc(C(=O)O)cc2C(=O)N2Cc3ccccc3C[C@H]2CO)n1. The predicted molar refractivity (Wildman–Crippen MR) is 183 cm³/mol. The molecule has 3 heterocycles. The van der Waals surface area contributed by atoms with Gasteiger partial charge in [-0.1, -0.05) is 51.0 Å². The van der Waals surface area contributed by atoms with Gasteiger partial charge in [-0.15, -0.1) is 0 Å². The number of amides is 2. The zero-order chi connectivity index (χ0) is 34.0. The molecule has 1 aromatic heterocycles. The van der Waals surface area contributed by atoms with Crippen molar-refractivity contribution < 1.29 is 29.3 Å². The molecule has 0 aliphatic carbocycles. The molecule has 1 atom stereocenters. The van der Waals surface area contributed by atoms with Crippen LogP contribution in [0.15, 0.2) is 48.7 Å². The molecule has 2 aliphatic rings. The van der Waals surface area contributed by atoms with Gasteiger partial charge in [-0.05, 0) is 55.0 Å². The molecule has 3 aromatic rings. The Bertz CT molecular complexity index is 1560. The fourth-order valence-corrected chi connectivity index (χ4v) is 6.56. The van der Waals surface area contributed by atoms with Gasteiger partial charge in [0.05, 0.1) is 37.0 Å². The average Bonchev–Trinajstić information content (AvgIpc) is 3.54. The number of fused-ring (bicyclic) bond motifs is 1. The van der Waals surface area contributed by atoms with E-state index in [1.54, 1.807) is 17.2 Å². The fourth-order valence-electron chi connectivity index (χ4n) is 6.56. The lowest BCUT2D eigenvalue weighted by molar-refractivity contribution is 0.0369. The Kier molecular flexibility index (Phi) is 12.4. The van der Waals surface area contributed by atoms with Crippen LogP contribution in [0.4, 0.5) is 0 Å². The molecule has 1 fully saturated rings. The Labute approximate surface area is 283 Å². The second kappa shape index (κ2) is 16.9. The van der Waals surface area contributed by atoms with E-state index in [-0.39, 0.29) is 29.5 Å². The third-order valence-electron chi connectivity index (χ3n) is 9.39. The second-order valence-corrected chi connectivity index (χ2v) is 12.8. The Morgan fingerprint density at radius 1 is 0.958 bits per heavy atom. The number of rotatable bonds is 15. The summed E-state index contributed by atoms with van der Waals surface area (Å²) in [6.07, 6.45) is 6.79. The quantitative estimate of drug-likeness (QED) is 0.243. The maximum absolute atomic E-state index is 14.5. The van der Waals surface area contributed by atoms with Crippen molar-refractivity contribution in [1.29, 1.82) is 0 Å². The molecule has 0 radical (unpaired) electrons. The maximum atomic E-state index is 14.5. The summed E-state index contributed by atoms with van der Waals surface area (Å²) in [7, 11) is 0. The summed E-state index contributed by atoms with van der Waals surface area (Å²) in [6, 6.07) is 11.9. The largest absolute Gasteiger partial charge is 0.478 e. The molecule has 11 heteroatoms. The van der Waals surface area contributed by atoms with Crippen molar-refractivity contribution in [2.45, 2.75) is 71.5 Å².